The Labute approximate surface area is 213 Å². The van der Waals surface area contributed by atoms with E-state index in [-0.39, 0.29) is 0 Å². The molecule has 37 heavy (non-hydrogen) atoms. The normalized spacial score (nSPS) is 11.2. The van der Waals surface area contributed by atoms with Crippen LogP contribution < -0.4 is 0 Å². The summed E-state index contributed by atoms with van der Waals surface area (Å²) >= 11 is 0. The molecule has 0 aliphatic carbocycles. The van der Waals surface area contributed by atoms with Crippen LogP contribution in [-0.2, 0) is 0 Å². The fraction of sp³-hybridized carbons (Fsp3) is 0. The van der Waals surface area contributed by atoms with Crippen LogP contribution in [0.3, 0.4) is 0 Å². The number of hydrogen-bond donors (Lipinski definition) is 0. The third-order valence-corrected chi connectivity index (χ3v) is 6.55. The first-order valence-corrected chi connectivity index (χ1v) is 12.2. The Morgan fingerprint density at radius 1 is 0.405 bits per heavy atom. The maximum absolute atomic E-state index is 6.46. The highest BCUT2D eigenvalue weighted by Gasteiger charge is 2.20. The summed E-state index contributed by atoms with van der Waals surface area (Å²) in [7, 11) is 0. The van der Waals surface area contributed by atoms with Gasteiger partial charge in [0.2, 0.25) is 0 Å². The molecule has 7 rings (SSSR count). The summed E-state index contributed by atoms with van der Waals surface area (Å²) in [6, 6.07) is 42.7. The van der Waals surface area contributed by atoms with Gasteiger partial charge in [0.1, 0.15) is 11.2 Å². The van der Waals surface area contributed by atoms with E-state index in [0.29, 0.717) is 17.5 Å². The second-order valence-corrected chi connectivity index (χ2v) is 8.87. The Bertz CT molecular complexity index is 1800. The van der Waals surface area contributed by atoms with Crippen LogP contribution in [0.15, 0.2) is 132 Å². The minimum atomic E-state index is 0.615. The van der Waals surface area contributed by atoms with Gasteiger partial charge in [-0.3, -0.25) is 0 Å². The van der Waals surface area contributed by atoms with Crippen molar-refractivity contribution in [3.63, 3.8) is 0 Å². The van der Waals surface area contributed by atoms with Crippen molar-refractivity contribution in [1.82, 2.24) is 15.0 Å². The average molecular weight is 476 g/mol. The second kappa shape index (κ2) is 8.85. The Hall–Kier alpha value is -5.09. The van der Waals surface area contributed by atoms with Gasteiger partial charge in [-0.1, -0.05) is 109 Å². The number of rotatable bonds is 4. The average Bonchev–Trinajstić information content (AvgIpc) is 3.38. The monoisotopic (exact) mass is 475 g/mol. The zero-order chi connectivity index (χ0) is 24.6. The van der Waals surface area contributed by atoms with Gasteiger partial charge in [0, 0.05) is 33.0 Å². The largest absolute Gasteiger partial charge is 0.455 e. The zero-order valence-corrected chi connectivity index (χ0v) is 19.9. The standard InChI is InChI=1S/C33H21N3O/c1-4-12-22(13-5-1)25-20-21-27(29-26-18-10-11-19-28(26)37-30(25)29)33-35-31(23-14-6-2-7-15-23)34-32(36-33)24-16-8-3-9-17-24/h1-21H. The molecule has 0 aliphatic heterocycles. The quantitative estimate of drug-likeness (QED) is 0.256. The lowest BCUT2D eigenvalue weighted by atomic mass is 9.98. The minimum Gasteiger partial charge on any atom is -0.455 e. The van der Waals surface area contributed by atoms with Crippen molar-refractivity contribution in [2.24, 2.45) is 0 Å². The van der Waals surface area contributed by atoms with Crippen LogP contribution in [0, 0.1) is 0 Å². The minimum absolute atomic E-state index is 0.615. The number of hydrogen-bond acceptors (Lipinski definition) is 4. The van der Waals surface area contributed by atoms with Crippen LogP contribution in [0.5, 0.6) is 0 Å². The lowest BCUT2D eigenvalue weighted by Crippen LogP contribution is -2.00. The maximum atomic E-state index is 6.46. The number of fused-ring (bicyclic) bond motifs is 3. The van der Waals surface area contributed by atoms with E-state index in [1.807, 2.05) is 97.1 Å². The Kier molecular flexibility index (Phi) is 5.07. The van der Waals surface area contributed by atoms with Crippen molar-refractivity contribution in [3.05, 3.63) is 127 Å². The number of benzene rings is 5. The van der Waals surface area contributed by atoms with Crippen LogP contribution >= 0.6 is 0 Å². The van der Waals surface area contributed by atoms with E-state index in [9.17, 15) is 0 Å². The van der Waals surface area contributed by atoms with Gasteiger partial charge >= 0.3 is 0 Å². The Morgan fingerprint density at radius 2 is 0.892 bits per heavy atom. The molecule has 0 bridgehead atoms. The van der Waals surface area contributed by atoms with Gasteiger partial charge in [-0.15, -0.1) is 0 Å². The predicted molar refractivity (Wildman–Crippen MR) is 149 cm³/mol. The molecule has 0 radical (unpaired) electrons. The molecule has 0 N–H and O–H groups in total. The van der Waals surface area contributed by atoms with E-state index in [2.05, 4.69) is 30.3 Å². The molecule has 2 heterocycles. The predicted octanol–water partition coefficient (Wildman–Crippen LogP) is 8.44. The molecule has 0 saturated carbocycles. The smallest absolute Gasteiger partial charge is 0.164 e. The summed E-state index contributed by atoms with van der Waals surface area (Å²) in [5, 5.41) is 2.04. The molecule has 4 nitrogen and oxygen atoms in total. The fourth-order valence-corrected chi connectivity index (χ4v) is 4.79. The van der Waals surface area contributed by atoms with E-state index in [0.717, 1.165) is 49.8 Å². The van der Waals surface area contributed by atoms with Gasteiger partial charge in [0.05, 0.1) is 0 Å². The van der Waals surface area contributed by atoms with Gasteiger partial charge in [-0.25, -0.2) is 15.0 Å². The highest BCUT2D eigenvalue weighted by Crippen LogP contribution is 2.41. The van der Waals surface area contributed by atoms with Crippen LogP contribution in [-0.4, -0.2) is 15.0 Å². The summed E-state index contributed by atoms with van der Waals surface area (Å²) in [5.74, 6) is 1.89. The molecule has 0 amide bonds. The molecule has 0 atom stereocenters. The van der Waals surface area contributed by atoms with E-state index >= 15 is 0 Å². The molecule has 0 spiro atoms. The van der Waals surface area contributed by atoms with Crippen molar-refractivity contribution in [1.29, 1.82) is 0 Å². The summed E-state index contributed by atoms with van der Waals surface area (Å²) in [6.07, 6.45) is 0. The van der Waals surface area contributed by atoms with Crippen molar-refractivity contribution >= 4 is 21.9 Å². The molecule has 5 aromatic carbocycles. The fourth-order valence-electron chi connectivity index (χ4n) is 4.79. The first-order valence-electron chi connectivity index (χ1n) is 12.2. The molecule has 2 aromatic heterocycles. The molecular formula is C33H21N3O. The van der Waals surface area contributed by atoms with Gasteiger partial charge in [0.15, 0.2) is 17.5 Å². The Balaban J connectivity index is 1.54. The third kappa shape index (κ3) is 3.76. The van der Waals surface area contributed by atoms with Gasteiger partial charge < -0.3 is 4.42 Å². The number of aromatic nitrogens is 3. The van der Waals surface area contributed by atoms with Crippen LogP contribution in [0.4, 0.5) is 0 Å². The van der Waals surface area contributed by atoms with E-state index in [1.165, 1.54) is 0 Å². The molecule has 0 saturated heterocycles. The van der Waals surface area contributed by atoms with E-state index in [1.54, 1.807) is 0 Å². The lowest BCUT2D eigenvalue weighted by molar-refractivity contribution is 0.670. The highest BCUT2D eigenvalue weighted by molar-refractivity contribution is 6.15. The van der Waals surface area contributed by atoms with Crippen molar-refractivity contribution in [2.75, 3.05) is 0 Å². The lowest BCUT2D eigenvalue weighted by Gasteiger charge is -2.10. The third-order valence-electron chi connectivity index (χ3n) is 6.55. The van der Waals surface area contributed by atoms with E-state index in [4.69, 9.17) is 19.4 Å². The van der Waals surface area contributed by atoms with Gasteiger partial charge in [-0.05, 0) is 23.8 Å². The number of nitrogens with zero attached hydrogens (tertiary/aromatic N) is 3. The van der Waals surface area contributed by atoms with Crippen molar-refractivity contribution in [2.45, 2.75) is 0 Å². The molecule has 0 aliphatic rings. The maximum Gasteiger partial charge on any atom is 0.164 e. The van der Waals surface area contributed by atoms with Crippen molar-refractivity contribution < 1.29 is 4.42 Å². The number of furan rings is 1. The molecule has 0 unspecified atom stereocenters. The zero-order valence-electron chi connectivity index (χ0n) is 19.9. The van der Waals surface area contributed by atoms with Crippen LogP contribution in [0.2, 0.25) is 0 Å². The van der Waals surface area contributed by atoms with Crippen LogP contribution in [0.1, 0.15) is 0 Å². The topological polar surface area (TPSA) is 51.8 Å². The second-order valence-electron chi connectivity index (χ2n) is 8.87. The molecule has 0 fully saturated rings. The first kappa shape index (κ1) is 21.2. The number of para-hydroxylation sites is 1. The van der Waals surface area contributed by atoms with Crippen LogP contribution in [0.25, 0.3) is 67.2 Å². The van der Waals surface area contributed by atoms with E-state index < -0.39 is 0 Å². The first-order chi connectivity index (χ1) is 18.3. The SMILES string of the molecule is c1ccc(-c2nc(-c3ccccc3)nc(-c3ccc(-c4ccccc4)c4oc5ccccc5c34)n2)cc1. The molecule has 7 aromatic rings. The highest BCUT2D eigenvalue weighted by atomic mass is 16.3. The summed E-state index contributed by atoms with van der Waals surface area (Å²) < 4.78 is 6.46. The Morgan fingerprint density at radius 3 is 1.51 bits per heavy atom. The van der Waals surface area contributed by atoms with Crippen molar-refractivity contribution in [3.8, 4) is 45.3 Å². The molecule has 174 valence electrons. The molecule has 4 heteroatoms. The summed E-state index contributed by atoms with van der Waals surface area (Å²) in [6.45, 7) is 0. The summed E-state index contributed by atoms with van der Waals surface area (Å²) in [5.41, 5.74) is 6.60. The van der Waals surface area contributed by atoms with Gasteiger partial charge in [-0.2, -0.15) is 0 Å². The molecular weight excluding hydrogens is 454 g/mol. The summed E-state index contributed by atoms with van der Waals surface area (Å²) in [4.78, 5) is 14.8. The van der Waals surface area contributed by atoms with Gasteiger partial charge in [0.25, 0.3) is 0 Å².